The minimum atomic E-state index is -0.0147. The van der Waals surface area contributed by atoms with E-state index in [1.54, 1.807) is 32.5 Å². The summed E-state index contributed by atoms with van der Waals surface area (Å²) in [5.41, 5.74) is 1.54. The topological polar surface area (TPSA) is 90.8 Å². The lowest BCUT2D eigenvalue weighted by molar-refractivity contribution is -1.11. The molecule has 2 aromatic rings. The average molecular weight is 409 g/mol. The smallest absolute Gasteiger partial charge is 0.304 e. The number of amidine groups is 1. The van der Waals surface area contributed by atoms with E-state index in [0.29, 0.717) is 28.0 Å². The van der Waals surface area contributed by atoms with Gasteiger partial charge in [0, 0.05) is 48.7 Å². The molecule has 5 heterocycles. The highest BCUT2D eigenvalue weighted by Gasteiger charge is 2.48. The van der Waals surface area contributed by atoms with Crippen molar-refractivity contribution < 1.29 is 19.0 Å². The van der Waals surface area contributed by atoms with Crippen LogP contribution in [0.5, 0.6) is 5.88 Å². The van der Waals surface area contributed by atoms with Crippen LogP contribution in [0, 0.1) is 18.4 Å². The van der Waals surface area contributed by atoms with Gasteiger partial charge >= 0.3 is 6.02 Å². The van der Waals surface area contributed by atoms with Crippen LogP contribution in [0.1, 0.15) is 12.8 Å². The van der Waals surface area contributed by atoms with Crippen molar-refractivity contribution in [2.45, 2.75) is 18.9 Å². The van der Waals surface area contributed by atoms with Gasteiger partial charge in [-0.1, -0.05) is 6.42 Å². The van der Waals surface area contributed by atoms with Gasteiger partial charge in [0.15, 0.2) is 6.10 Å². The van der Waals surface area contributed by atoms with E-state index in [0.717, 1.165) is 38.0 Å². The fourth-order valence-corrected chi connectivity index (χ4v) is 4.11. The monoisotopic (exact) mass is 409 g/mol. The summed E-state index contributed by atoms with van der Waals surface area (Å²) in [6.45, 7) is 2.81. The number of fused-ring (bicyclic) bond motifs is 3. The van der Waals surface area contributed by atoms with E-state index in [2.05, 4.69) is 31.3 Å². The normalized spacial score (nSPS) is 25.4. The molecular weight excluding hydrogens is 384 g/mol. The van der Waals surface area contributed by atoms with Crippen LogP contribution in [0.25, 0.3) is 11.3 Å². The Bertz CT molecular complexity index is 948. The minimum absolute atomic E-state index is 0.0147. The van der Waals surface area contributed by atoms with Crippen LogP contribution in [-0.4, -0.2) is 65.6 Å². The van der Waals surface area contributed by atoms with Crippen molar-refractivity contribution in [1.29, 1.82) is 0 Å². The lowest BCUT2D eigenvalue weighted by atomic mass is 9.85. The first kappa shape index (κ1) is 20.1. The van der Waals surface area contributed by atoms with Crippen molar-refractivity contribution in [3.63, 3.8) is 0 Å². The van der Waals surface area contributed by atoms with Crippen molar-refractivity contribution in [2.24, 2.45) is 10.9 Å². The summed E-state index contributed by atoms with van der Waals surface area (Å²) >= 11 is 0. The molecule has 3 aliphatic heterocycles. The van der Waals surface area contributed by atoms with Gasteiger partial charge in [0.25, 0.3) is 0 Å². The molecule has 30 heavy (non-hydrogen) atoms. The molecule has 1 N–H and O–H groups in total. The van der Waals surface area contributed by atoms with Crippen molar-refractivity contribution in [3.05, 3.63) is 30.7 Å². The van der Waals surface area contributed by atoms with Crippen molar-refractivity contribution in [2.75, 3.05) is 39.2 Å². The number of aromatic nitrogens is 3. The van der Waals surface area contributed by atoms with Crippen LogP contribution in [0.4, 0.5) is 5.82 Å². The van der Waals surface area contributed by atoms with E-state index >= 15 is 0 Å². The van der Waals surface area contributed by atoms with Gasteiger partial charge in [-0.2, -0.15) is 4.65 Å². The molecule has 9 heteroatoms. The van der Waals surface area contributed by atoms with Gasteiger partial charge in [0.05, 0.1) is 19.9 Å². The van der Waals surface area contributed by atoms with E-state index < -0.39 is 0 Å². The summed E-state index contributed by atoms with van der Waals surface area (Å²) in [5, 5.41) is 3.09. The zero-order chi connectivity index (χ0) is 21.0. The number of nitrogens with one attached hydrogen (secondary N) is 1. The summed E-state index contributed by atoms with van der Waals surface area (Å²) in [6.07, 6.45) is 10.7. The molecule has 5 rings (SSSR count). The van der Waals surface area contributed by atoms with Gasteiger partial charge in [-0.3, -0.25) is 5.32 Å². The molecule has 2 bridgehead atoms. The Hall–Kier alpha value is -3.22. The highest BCUT2D eigenvalue weighted by atomic mass is 16.7. The highest BCUT2D eigenvalue weighted by Crippen LogP contribution is 2.35. The first-order chi connectivity index (χ1) is 14.6. The fourth-order valence-electron chi connectivity index (χ4n) is 4.11. The maximum Gasteiger partial charge on any atom is 0.304 e. The zero-order valence-corrected chi connectivity index (χ0v) is 17.1. The van der Waals surface area contributed by atoms with Gasteiger partial charge in [-0.25, -0.2) is 19.8 Å². The second-order valence-electron chi connectivity index (χ2n) is 7.41. The number of anilines is 1. The Morgan fingerprint density at radius 2 is 2.07 bits per heavy atom. The van der Waals surface area contributed by atoms with Crippen molar-refractivity contribution in [1.82, 2.24) is 15.0 Å². The third-order valence-corrected chi connectivity index (χ3v) is 5.81. The molecule has 0 saturated carbocycles. The summed E-state index contributed by atoms with van der Waals surface area (Å²) in [6, 6.07) is 8.00. The number of nitrogens with zero attached hydrogens (tertiary/aromatic N) is 5. The lowest BCUT2D eigenvalue weighted by Gasteiger charge is -2.48. The van der Waals surface area contributed by atoms with Crippen LogP contribution in [0.15, 0.2) is 35.7 Å². The molecule has 1 unspecified atom stereocenters. The number of terminal acetylenes is 1. The molecule has 0 amide bonds. The number of pyridine rings is 1. The van der Waals surface area contributed by atoms with E-state index in [9.17, 15) is 0 Å². The van der Waals surface area contributed by atoms with Crippen molar-refractivity contribution in [3.8, 4) is 29.6 Å². The van der Waals surface area contributed by atoms with Gasteiger partial charge in [-0.05, 0) is 6.07 Å². The van der Waals surface area contributed by atoms with Crippen LogP contribution in [-0.2, 0) is 9.57 Å². The van der Waals surface area contributed by atoms with Gasteiger partial charge in [-0.15, -0.1) is 4.99 Å². The Balaban J connectivity index is 1.49. The largest absolute Gasteiger partial charge is 0.481 e. The maximum absolute atomic E-state index is 6.18. The Labute approximate surface area is 175 Å². The van der Waals surface area contributed by atoms with E-state index in [1.165, 1.54) is 6.33 Å². The number of quaternary nitrogens is 1. The second-order valence-corrected chi connectivity index (χ2v) is 7.41. The van der Waals surface area contributed by atoms with Crippen LogP contribution >= 0.6 is 0 Å². The van der Waals surface area contributed by atoms with Gasteiger partial charge in [0.2, 0.25) is 5.88 Å². The van der Waals surface area contributed by atoms with Crippen molar-refractivity contribution >= 4 is 11.8 Å². The molecule has 0 spiro atoms. The highest BCUT2D eigenvalue weighted by molar-refractivity contribution is 5.89. The van der Waals surface area contributed by atoms with Crippen LogP contribution in [0.3, 0.4) is 0 Å². The Morgan fingerprint density at radius 3 is 2.73 bits per heavy atom. The number of ether oxygens (including phenoxy) is 2. The standard InChI is InChI=1S/C21H25N6O3/c1-4-22-21(30-18-13-27(29-3)9-7-15(18)8-10-27)26-19-11-17(24-14-25-19)16-5-6-20(28-2)23-12-16/h1,5-6,11-12,14-15,18H,7-10,13H2,2-3H3,(H,22,24,25,26)/q+1. The minimum Gasteiger partial charge on any atom is -0.481 e. The Morgan fingerprint density at radius 1 is 1.23 bits per heavy atom. The molecule has 0 aliphatic carbocycles. The summed E-state index contributed by atoms with van der Waals surface area (Å²) in [4.78, 5) is 22.6. The molecule has 1 atom stereocenters. The van der Waals surface area contributed by atoms with Gasteiger partial charge < -0.3 is 9.47 Å². The first-order valence-corrected chi connectivity index (χ1v) is 9.86. The molecule has 0 aromatic carbocycles. The zero-order valence-electron chi connectivity index (χ0n) is 17.1. The van der Waals surface area contributed by atoms with E-state index in [4.69, 9.17) is 20.7 Å². The lowest BCUT2D eigenvalue weighted by Crippen LogP contribution is -2.63. The third-order valence-electron chi connectivity index (χ3n) is 5.81. The number of methoxy groups -OCH3 is 1. The SMILES string of the molecule is C#CN=C(Nc1cc(-c2ccc(OC)nc2)ncn1)OC1C[N+]2(OC)CCC1CC2. The molecular formula is C21H25N6O3+. The van der Waals surface area contributed by atoms with Crippen LogP contribution in [0.2, 0.25) is 0 Å². The fraction of sp³-hybridized carbons (Fsp3) is 0.429. The molecule has 3 aliphatic rings. The molecule has 9 nitrogen and oxygen atoms in total. The predicted octanol–water partition coefficient (Wildman–Crippen LogP) is 2.09. The number of hydrogen-bond donors (Lipinski definition) is 1. The quantitative estimate of drug-likeness (QED) is 0.350. The third kappa shape index (κ3) is 4.20. The summed E-state index contributed by atoms with van der Waals surface area (Å²) in [5.74, 6) is 1.54. The molecule has 0 radical (unpaired) electrons. The number of piperidine rings is 3. The van der Waals surface area contributed by atoms with E-state index in [-0.39, 0.29) is 12.1 Å². The molecule has 3 saturated heterocycles. The summed E-state index contributed by atoms with van der Waals surface area (Å²) in [7, 11) is 3.33. The maximum atomic E-state index is 6.18. The van der Waals surface area contributed by atoms with Crippen LogP contribution < -0.4 is 10.1 Å². The number of rotatable bonds is 5. The number of aliphatic imine (C=N–C) groups is 1. The van der Waals surface area contributed by atoms with Gasteiger partial charge in [0.1, 0.15) is 31.8 Å². The Kier molecular flexibility index (Phi) is 5.79. The first-order valence-electron chi connectivity index (χ1n) is 9.86. The average Bonchev–Trinajstić information content (AvgIpc) is 2.80. The summed E-state index contributed by atoms with van der Waals surface area (Å²) < 4.78 is 11.9. The number of hydrogen-bond acceptors (Lipinski definition) is 7. The molecule has 156 valence electrons. The molecule has 3 fully saturated rings. The predicted molar refractivity (Wildman–Crippen MR) is 111 cm³/mol. The number of hydroxylamine groups is 3. The second kappa shape index (κ2) is 8.65. The van der Waals surface area contributed by atoms with E-state index in [1.807, 2.05) is 6.07 Å². The molecule has 2 aromatic heterocycles.